The van der Waals surface area contributed by atoms with Crippen LogP contribution >= 0.6 is 0 Å². The molecule has 0 bridgehead atoms. The maximum atomic E-state index is 12.0. The van der Waals surface area contributed by atoms with E-state index in [2.05, 4.69) is 16.7 Å². The Morgan fingerprint density at radius 3 is 2.37 bits per heavy atom. The van der Waals surface area contributed by atoms with Gasteiger partial charge in [0.2, 0.25) is 5.91 Å². The fraction of sp³-hybridized carbons (Fsp3) is 0.174. The van der Waals surface area contributed by atoms with Gasteiger partial charge in [0.1, 0.15) is 12.4 Å². The van der Waals surface area contributed by atoms with Crippen LogP contribution in [0.15, 0.2) is 78.9 Å². The number of aryl methyl sites for hydroxylation is 1. The molecule has 4 nitrogen and oxygen atoms in total. The second-order valence-electron chi connectivity index (χ2n) is 6.42. The third kappa shape index (κ3) is 6.19. The van der Waals surface area contributed by atoms with Crippen LogP contribution in [0.4, 0.5) is 5.69 Å². The predicted octanol–water partition coefficient (Wildman–Crippen LogP) is 4.30. The first-order valence-corrected chi connectivity index (χ1v) is 9.02. The van der Waals surface area contributed by atoms with Crippen LogP contribution in [0.3, 0.4) is 0 Å². The summed E-state index contributed by atoms with van der Waals surface area (Å²) < 4.78 is 5.76. The molecule has 138 valence electrons. The van der Waals surface area contributed by atoms with Crippen molar-refractivity contribution < 1.29 is 9.53 Å². The van der Waals surface area contributed by atoms with E-state index in [1.54, 1.807) is 0 Å². The van der Waals surface area contributed by atoms with Gasteiger partial charge in [0.25, 0.3) is 0 Å². The summed E-state index contributed by atoms with van der Waals surface area (Å²) in [5, 5.41) is 6.05. The lowest BCUT2D eigenvalue weighted by Crippen LogP contribution is -2.29. The van der Waals surface area contributed by atoms with Crippen LogP contribution < -0.4 is 15.4 Å². The van der Waals surface area contributed by atoms with Crippen molar-refractivity contribution in [3.63, 3.8) is 0 Å². The van der Waals surface area contributed by atoms with Gasteiger partial charge in [-0.05, 0) is 42.3 Å². The van der Waals surface area contributed by atoms with Gasteiger partial charge in [0, 0.05) is 12.2 Å². The zero-order valence-electron chi connectivity index (χ0n) is 15.4. The maximum Gasteiger partial charge on any atom is 0.239 e. The molecule has 27 heavy (non-hydrogen) atoms. The smallest absolute Gasteiger partial charge is 0.239 e. The fourth-order valence-corrected chi connectivity index (χ4v) is 2.68. The molecule has 0 saturated carbocycles. The summed E-state index contributed by atoms with van der Waals surface area (Å²) in [6.07, 6.45) is 0. The Morgan fingerprint density at radius 2 is 1.63 bits per heavy atom. The average molecular weight is 360 g/mol. The van der Waals surface area contributed by atoms with E-state index in [-0.39, 0.29) is 12.5 Å². The number of carbonyl (C=O) groups is 1. The van der Waals surface area contributed by atoms with Crippen molar-refractivity contribution in [1.82, 2.24) is 5.32 Å². The molecule has 1 amide bonds. The van der Waals surface area contributed by atoms with E-state index in [0.29, 0.717) is 13.2 Å². The lowest BCUT2D eigenvalue weighted by Gasteiger charge is -2.10. The number of amides is 1. The highest BCUT2D eigenvalue weighted by molar-refractivity contribution is 5.80. The van der Waals surface area contributed by atoms with Crippen molar-refractivity contribution >= 4 is 11.6 Å². The minimum absolute atomic E-state index is 0.0408. The molecule has 0 atom stereocenters. The van der Waals surface area contributed by atoms with E-state index in [1.807, 2.05) is 79.7 Å². The van der Waals surface area contributed by atoms with Crippen molar-refractivity contribution in [1.29, 1.82) is 0 Å². The summed E-state index contributed by atoms with van der Waals surface area (Å²) in [5.74, 6) is 0.759. The van der Waals surface area contributed by atoms with Crippen LogP contribution in [0.5, 0.6) is 5.75 Å². The number of hydrogen-bond donors (Lipinski definition) is 2. The van der Waals surface area contributed by atoms with E-state index in [4.69, 9.17) is 4.74 Å². The van der Waals surface area contributed by atoms with Crippen LogP contribution in [0, 0.1) is 6.92 Å². The van der Waals surface area contributed by atoms with Crippen molar-refractivity contribution in [2.75, 3.05) is 11.9 Å². The lowest BCUT2D eigenvalue weighted by molar-refractivity contribution is -0.119. The number of hydrogen-bond acceptors (Lipinski definition) is 3. The third-order valence-corrected chi connectivity index (χ3v) is 4.13. The van der Waals surface area contributed by atoms with Gasteiger partial charge in [0.15, 0.2) is 0 Å². The molecule has 0 aromatic heterocycles. The predicted molar refractivity (Wildman–Crippen MR) is 109 cm³/mol. The molecule has 3 aromatic carbocycles. The Bertz CT molecular complexity index is 861. The highest BCUT2D eigenvalue weighted by Crippen LogP contribution is 2.17. The van der Waals surface area contributed by atoms with Crippen LogP contribution in [-0.2, 0) is 17.9 Å². The number of carbonyl (C=O) groups excluding carboxylic acids is 1. The minimum atomic E-state index is -0.0408. The molecular formula is C23H24N2O2. The number of nitrogens with one attached hydrogen (secondary N) is 2. The molecule has 0 aliphatic heterocycles. The van der Waals surface area contributed by atoms with Crippen LogP contribution in [0.1, 0.15) is 16.7 Å². The molecular weight excluding hydrogens is 336 g/mol. The summed E-state index contributed by atoms with van der Waals surface area (Å²) in [5.41, 5.74) is 4.30. The van der Waals surface area contributed by atoms with Crippen molar-refractivity contribution in [2.45, 2.75) is 20.1 Å². The topological polar surface area (TPSA) is 50.4 Å². The number of rotatable bonds is 8. The van der Waals surface area contributed by atoms with Crippen LogP contribution in [0.2, 0.25) is 0 Å². The van der Waals surface area contributed by atoms with E-state index < -0.39 is 0 Å². The standard InChI is InChI=1S/C23H24N2O2/c1-18-6-5-9-20(14-18)15-25-23(26)16-24-21-10-12-22(13-11-21)27-17-19-7-3-2-4-8-19/h2-14,24H,15-17H2,1H3,(H,25,26). The molecule has 2 N–H and O–H groups in total. The SMILES string of the molecule is Cc1cccc(CNC(=O)CNc2ccc(OCc3ccccc3)cc2)c1. The first kappa shape index (κ1) is 18.5. The van der Waals surface area contributed by atoms with Gasteiger partial charge in [-0.1, -0.05) is 60.2 Å². The quantitative estimate of drug-likeness (QED) is 0.630. The van der Waals surface area contributed by atoms with Gasteiger partial charge >= 0.3 is 0 Å². The lowest BCUT2D eigenvalue weighted by atomic mass is 10.1. The molecule has 3 aromatic rings. The van der Waals surface area contributed by atoms with Crippen LogP contribution in [0.25, 0.3) is 0 Å². The zero-order valence-corrected chi connectivity index (χ0v) is 15.4. The van der Waals surface area contributed by atoms with Crippen molar-refractivity contribution in [3.8, 4) is 5.75 Å². The van der Waals surface area contributed by atoms with Gasteiger partial charge in [-0.25, -0.2) is 0 Å². The summed E-state index contributed by atoms with van der Waals surface area (Å²) >= 11 is 0. The zero-order chi connectivity index (χ0) is 18.9. The monoisotopic (exact) mass is 360 g/mol. The Labute approximate surface area is 160 Å². The van der Waals surface area contributed by atoms with Gasteiger partial charge in [-0.15, -0.1) is 0 Å². The number of benzene rings is 3. The van der Waals surface area contributed by atoms with E-state index >= 15 is 0 Å². The molecule has 0 spiro atoms. The summed E-state index contributed by atoms with van der Waals surface area (Å²) in [7, 11) is 0. The largest absolute Gasteiger partial charge is 0.489 e. The molecule has 0 heterocycles. The molecule has 0 aliphatic carbocycles. The Hall–Kier alpha value is -3.27. The summed E-state index contributed by atoms with van der Waals surface area (Å²) in [6, 6.07) is 25.8. The first-order valence-electron chi connectivity index (χ1n) is 9.02. The highest BCUT2D eigenvalue weighted by Gasteiger charge is 2.02. The summed E-state index contributed by atoms with van der Waals surface area (Å²) in [4.78, 5) is 12.0. The fourth-order valence-electron chi connectivity index (χ4n) is 2.68. The summed E-state index contributed by atoms with van der Waals surface area (Å²) in [6.45, 7) is 3.35. The highest BCUT2D eigenvalue weighted by atomic mass is 16.5. The molecule has 0 saturated heterocycles. The van der Waals surface area contributed by atoms with E-state index in [9.17, 15) is 4.79 Å². The second-order valence-corrected chi connectivity index (χ2v) is 6.42. The van der Waals surface area contributed by atoms with Crippen LogP contribution in [-0.4, -0.2) is 12.5 Å². The number of ether oxygens (including phenoxy) is 1. The van der Waals surface area contributed by atoms with Gasteiger partial charge < -0.3 is 15.4 Å². The van der Waals surface area contributed by atoms with Crippen molar-refractivity contribution in [2.24, 2.45) is 0 Å². The minimum Gasteiger partial charge on any atom is -0.489 e. The van der Waals surface area contributed by atoms with Gasteiger partial charge in [-0.3, -0.25) is 4.79 Å². The normalized spacial score (nSPS) is 10.3. The van der Waals surface area contributed by atoms with Gasteiger partial charge in [-0.2, -0.15) is 0 Å². The maximum absolute atomic E-state index is 12.0. The second kappa shape index (κ2) is 9.43. The van der Waals surface area contributed by atoms with Crippen molar-refractivity contribution in [3.05, 3.63) is 95.6 Å². The Morgan fingerprint density at radius 1 is 0.889 bits per heavy atom. The van der Waals surface area contributed by atoms with Gasteiger partial charge in [0.05, 0.1) is 6.54 Å². The average Bonchev–Trinajstić information content (AvgIpc) is 2.71. The Balaban J connectivity index is 1.41. The number of anilines is 1. The molecule has 0 fully saturated rings. The molecule has 0 radical (unpaired) electrons. The molecule has 3 rings (SSSR count). The first-order chi connectivity index (χ1) is 13.2. The third-order valence-electron chi connectivity index (χ3n) is 4.13. The van der Waals surface area contributed by atoms with E-state index in [1.165, 1.54) is 5.56 Å². The molecule has 0 unspecified atom stereocenters. The molecule has 4 heteroatoms. The molecule has 0 aliphatic rings. The Kier molecular flexibility index (Phi) is 6.47. The van der Waals surface area contributed by atoms with E-state index in [0.717, 1.165) is 22.6 Å².